The Morgan fingerprint density at radius 3 is 1.53 bits per heavy atom. The molecule has 0 atom stereocenters. The molecule has 0 saturated heterocycles. The minimum atomic E-state index is -5.22. The number of anilines is 1. The van der Waals surface area contributed by atoms with E-state index < -0.39 is 19.0 Å². The number of alkyl halides is 2. The summed E-state index contributed by atoms with van der Waals surface area (Å²) in [6.45, 7) is 0. The maximum absolute atomic E-state index is 10.2. The summed E-state index contributed by atoms with van der Waals surface area (Å²) in [4.78, 5) is 32.9. The predicted octanol–water partition coefficient (Wildman–Crippen LogP) is 2.16. The smallest absolute Gasteiger partial charge is 0.373 e. The SMILES string of the molecule is CNc1ccccc1.O=P(O)(O)C(Cl)(Cl)P(=O)(O)O. The van der Waals surface area contributed by atoms with E-state index >= 15 is 0 Å². The van der Waals surface area contributed by atoms with Crippen molar-refractivity contribution in [1.82, 2.24) is 0 Å². The first-order valence-corrected chi connectivity index (χ1v) is 8.63. The Hall–Kier alpha value is -0.100. The van der Waals surface area contributed by atoms with Gasteiger partial charge in [-0.3, -0.25) is 9.13 Å². The second kappa shape index (κ2) is 7.07. The third kappa shape index (κ3) is 5.81. The zero-order chi connectivity index (χ0) is 15.3. The average molecular weight is 352 g/mol. The summed E-state index contributed by atoms with van der Waals surface area (Å²) in [6, 6.07) is 10.1. The molecular formula is C8H13Cl2NO6P2. The van der Waals surface area contributed by atoms with Crippen molar-refractivity contribution in [3.8, 4) is 0 Å². The number of rotatable bonds is 3. The molecule has 1 rings (SSSR count). The van der Waals surface area contributed by atoms with Gasteiger partial charge in [0, 0.05) is 12.7 Å². The first-order chi connectivity index (χ1) is 8.43. The average Bonchev–Trinajstić information content (AvgIpc) is 2.28. The van der Waals surface area contributed by atoms with E-state index in [1.54, 1.807) is 0 Å². The number of para-hydroxylation sites is 1. The summed E-state index contributed by atoms with van der Waals surface area (Å²) < 4.78 is 17.1. The predicted molar refractivity (Wildman–Crippen MR) is 74.5 cm³/mol. The van der Waals surface area contributed by atoms with Gasteiger partial charge in [0.15, 0.2) is 0 Å². The van der Waals surface area contributed by atoms with Crippen LogP contribution >= 0.6 is 38.4 Å². The third-order valence-electron chi connectivity index (χ3n) is 1.76. The summed E-state index contributed by atoms with van der Waals surface area (Å²) in [5, 5.41) is 3.03. The van der Waals surface area contributed by atoms with E-state index in [2.05, 4.69) is 5.32 Å². The van der Waals surface area contributed by atoms with Crippen LogP contribution in [0.4, 0.5) is 5.69 Å². The first kappa shape index (κ1) is 18.9. The van der Waals surface area contributed by atoms with E-state index in [4.69, 9.17) is 42.8 Å². The van der Waals surface area contributed by atoms with Crippen molar-refractivity contribution in [1.29, 1.82) is 0 Å². The van der Waals surface area contributed by atoms with Crippen LogP contribution in [0.1, 0.15) is 0 Å². The maximum Gasteiger partial charge on any atom is 0.373 e. The van der Waals surface area contributed by atoms with E-state index in [9.17, 15) is 9.13 Å². The second-order valence-electron chi connectivity index (χ2n) is 3.21. The molecule has 5 N–H and O–H groups in total. The molecule has 0 spiro atoms. The largest absolute Gasteiger partial charge is 0.388 e. The van der Waals surface area contributed by atoms with Gasteiger partial charge in [-0.25, -0.2) is 0 Å². The van der Waals surface area contributed by atoms with Crippen molar-refractivity contribution in [2.75, 3.05) is 12.4 Å². The molecule has 0 aliphatic heterocycles. The Morgan fingerprint density at radius 2 is 1.37 bits per heavy atom. The highest BCUT2D eigenvalue weighted by Crippen LogP contribution is 2.73. The summed E-state index contributed by atoms with van der Waals surface area (Å²) >= 11 is 9.46. The lowest BCUT2D eigenvalue weighted by Gasteiger charge is -2.20. The van der Waals surface area contributed by atoms with E-state index in [-0.39, 0.29) is 0 Å². The van der Waals surface area contributed by atoms with Gasteiger partial charge in [-0.2, -0.15) is 0 Å². The van der Waals surface area contributed by atoms with Crippen LogP contribution in [0.5, 0.6) is 0 Å². The van der Waals surface area contributed by atoms with Gasteiger partial charge in [0.25, 0.3) is 0 Å². The van der Waals surface area contributed by atoms with Crippen molar-refractivity contribution < 1.29 is 28.7 Å². The maximum atomic E-state index is 10.2. The van der Waals surface area contributed by atoms with Gasteiger partial charge >= 0.3 is 19.0 Å². The molecule has 0 fully saturated rings. The normalized spacial score (nSPS) is 12.4. The first-order valence-electron chi connectivity index (χ1n) is 4.65. The lowest BCUT2D eigenvalue weighted by molar-refractivity contribution is 0.345. The van der Waals surface area contributed by atoms with E-state index in [0.717, 1.165) is 5.69 Å². The fraction of sp³-hybridized carbons (Fsp3) is 0.250. The van der Waals surface area contributed by atoms with Gasteiger partial charge in [-0.05, 0) is 12.1 Å². The van der Waals surface area contributed by atoms with E-state index in [0.29, 0.717) is 0 Å². The Morgan fingerprint density at radius 1 is 1.00 bits per heavy atom. The molecule has 0 unspecified atom stereocenters. The molecule has 0 aliphatic carbocycles. The summed E-state index contributed by atoms with van der Waals surface area (Å²) in [6.07, 6.45) is 0. The third-order valence-corrected chi connectivity index (χ3v) is 7.37. The molecule has 0 radical (unpaired) electrons. The number of nitrogens with one attached hydrogen (secondary N) is 1. The lowest BCUT2D eigenvalue weighted by Crippen LogP contribution is -2.13. The van der Waals surface area contributed by atoms with Gasteiger partial charge < -0.3 is 24.9 Å². The van der Waals surface area contributed by atoms with Gasteiger partial charge in [-0.15, -0.1) is 0 Å². The number of hydrogen-bond donors (Lipinski definition) is 5. The molecule has 110 valence electrons. The molecular weight excluding hydrogens is 339 g/mol. The van der Waals surface area contributed by atoms with E-state index in [1.807, 2.05) is 37.4 Å². The fourth-order valence-corrected chi connectivity index (χ4v) is 2.13. The minimum Gasteiger partial charge on any atom is -0.388 e. The Bertz CT molecular complexity index is 461. The molecule has 0 bridgehead atoms. The number of halogens is 2. The van der Waals surface area contributed by atoms with Crippen LogP contribution in [0.2, 0.25) is 0 Å². The van der Waals surface area contributed by atoms with Crippen LogP contribution in [0.3, 0.4) is 0 Å². The molecule has 0 aliphatic rings. The topological polar surface area (TPSA) is 127 Å². The fourth-order valence-electron chi connectivity index (χ4n) is 0.775. The highest BCUT2D eigenvalue weighted by Gasteiger charge is 2.58. The number of benzene rings is 1. The molecule has 1 aromatic rings. The molecule has 0 saturated carbocycles. The zero-order valence-electron chi connectivity index (χ0n) is 9.64. The Labute approximate surface area is 119 Å². The Kier molecular flexibility index (Phi) is 7.03. The molecule has 1 aromatic carbocycles. The van der Waals surface area contributed by atoms with Crippen LogP contribution in [0.25, 0.3) is 0 Å². The zero-order valence-corrected chi connectivity index (χ0v) is 12.9. The van der Waals surface area contributed by atoms with Crippen molar-refractivity contribution in [3.05, 3.63) is 30.3 Å². The van der Waals surface area contributed by atoms with Gasteiger partial charge in [0.1, 0.15) is 0 Å². The van der Waals surface area contributed by atoms with Gasteiger partial charge in [0.2, 0.25) is 0 Å². The molecule has 0 heterocycles. The van der Waals surface area contributed by atoms with Crippen LogP contribution in [0, 0.1) is 0 Å². The monoisotopic (exact) mass is 351 g/mol. The summed E-state index contributed by atoms with van der Waals surface area (Å²) in [7, 11) is -8.53. The summed E-state index contributed by atoms with van der Waals surface area (Å²) in [5.74, 6) is 0. The van der Waals surface area contributed by atoms with E-state index in [1.165, 1.54) is 0 Å². The molecule has 0 amide bonds. The Balaban J connectivity index is 0.000000356. The molecule has 7 nitrogen and oxygen atoms in total. The molecule has 11 heteroatoms. The quantitative estimate of drug-likeness (QED) is 0.417. The lowest BCUT2D eigenvalue weighted by atomic mass is 10.3. The number of hydrogen-bond acceptors (Lipinski definition) is 3. The minimum absolute atomic E-state index is 1.16. The van der Waals surface area contributed by atoms with Crippen molar-refractivity contribution in [3.63, 3.8) is 0 Å². The molecule has 0 aromatic heterocycles. The highest BCUT2D eigenvalue weighted by atomic mass is 35.5. The van der Waals surface area contributed by atoms with Crippen molar-refractivity contribution in [2.24, 2.45) is 0 Å². The van der Waals surface area contributed by atoms with Crippen LogP contribution in [-0.2, 0) is 9.13 Å². The standard InChI is InChI=1S/C7H9N.CH4Cl2O6P2/c1-8-7-5-3-2-4-6-7;2-1(3,10(4,5)6)11(7,8)9/h2-6,8H,1H3;(H2,4,5,6)(H2,7,8,9). The second-order valence-corrected chi connectivity index (χ2v) is 9.47. The summed E-state index contributed by atoms with van der Waals surface area (Å²) in [5.41, 5.74) is 1.16. The van der Waals surface area contributed by atoms with Crippen molar-refractivity contribution in [2.45, 2.75) is 3.82 Å². The van der Waals surface area contributed by atoms with Crippen LogP contribution in [-0.4, -0.2) is 30.4 Å². The van der Waals surface area contributed by atoms with Crippen LogP contribution in [0.15, 0.2) is 30.3 Å². The van der Waals surface area contributed by atoms with Crippen molar-refractivity contribution >= 4 is 44.1 Å². The van der Waals surface area contributed by atoms with Gasteiger partial charge in [-0.1, -0.05) is 41.4 Å². The highest BCUT2D eigenvalue weighted by molar-refractivity contribution is 7.78. The molecule has 19 heavy (non-hydrogen) atoms. The van der Waals surface area contributed by atoms with Crippen LogP contribution < -0.4 is 5.32 Å². The van der Waals surface area contributed by atoms with Gasteiger partial charge in [0.05, 0.1) is 0 Å².